The van der Waals surface area contributed by atoms with E-state index in [1.807, 2.05) is 0 Å². The molecule has 118 valence electrons. The van der Waals surface area contributed by atoms with Crippen LogP contribution in [0, 0.1) is 17.3 Å². The molecule has 0 amide bonds. The minimum atomic E-state index is 0.490. The van der Waals surface area contributed by atoms with E-state index >= 15 is 0 Å². The molecule has 1 aliphatic carbocycles. The van der Waals surface area contributed by atoms with Gasteiger partial charge in [0, 0.05) is 6.04 Å². The quantitative estimate of drug-likeness (QED) is 0.798. The molecule has 0 saturated heterocycles. The van der Waals surface area contributed by atoms with Gasteiger partial charge in [0.05, 0.1) is 0 Å². The van der Waals surface area contributed by atoms with Crippen molar-refractivity contribution in [2.24, 2.45) is 17.3 Å². The standard InChI is InChI=1S/C20H33N/c1-20(2,3)18-13-11-17(12-14-18)19(21-4)15-10-16-8-6-5-7-9-16/h5-9,17-19,21H,10-15H2,1-4H3. The van der Waals surface area contributed by atoms with Crippen LogP contribution in [-0.2, 0) is 6.42 Å². The van der Waals surface area contributed by atoms with Crippen molar-refractivity contribution in [1.82, 2.24) is 5.32 Å². The second-order valence-corrected chi connectivity index (χ2v) is 7.90. The molecule has 2 rings (SSSR count). The number of hydrogen-bond donors (Lipinski definition) is 1. The molecule has 1 aromatic rings. The summed E-state index contributed by atoms with van der Waals surface area (Å²) in [7, 11) is 2.14. The van der Waals surface area contributed by atoms with E-state index < -0.39 is 0 Å². The van der Waals surface area contributed by atoms with Crippen molar-refractivity contribution >= 4 is 0 Å². The van der Waals surface area contributed by atoms with Gasteiger partial charge in [-0.3, -0.25) is 0 Å². The van der Waals surface area contributed by atoms with Gasteiger partial charge in [-0.2, -0.15) is 0 Å². The van der Waals surface area contributed by atoms with Crippen molar-refractivity contribution < 1.29 is 0 Å². The lowest BCUT2D eigenvalue weighted by atomic mass is 9.68. The Morgan fingerprint density at radius 1 is 1.05 bits per heavy atom. The minimum absolute atomic E-state index is 0.490. The molecule has 1 atom stereocenters. The van der Waals surface area contributed by atoms with Crippen molar-refractivity contribution in [1.29, 1.82) is 0 Å². The Bertz CT molecular complexity index is 396. The Morgan fingerprint density at radius 2 is 1.67 bits per heavy atom. The molecular weight excluding hydrogens is 254 g/mol. The van der Waals surface area contributed by atoms with Crippen LogP contribution < -0.4 is 5.32 Å². The molecule has 1 N–H and O–H groups in total. The highest BCUT2D eigenvalue weighted by Gasteiger charge is 2.32. The lowest BCUT2D eigenvalue weighted by molar-refractivity contribution is 0.132. The molecule has 1 unspecified atom stereocenters. The van der Waals surface area contributed by atoms with E-state index in [9.17, 15) is 0 Å². The lowest BCUT2D eigenvalue weighted by Crippen LogP contribution is -2.38. The van der Waals surface area contributed by atoms with Crippen molar-refractivity contribution in [3.8, 4) is 0 Å². The summed E-state index contributed by atoms with van der Waals surface area (Å²) in [5, 5.41) is 3.60. The second kappa shape index (κ2) is 7.45. The first-order valence-corrected chi connectivity index (χ1v) is 8.72. The third kappa shape index (κ3) is 4.85. The van der Waals surface area contributed by atoms with Gasteiger partial charge in [0.1, 0.15) is 0 Å². The maximum Gasteiger partial charge on any atom is 0.00954 e. The Balaban J connectivity index is 1.82. The van der Waals surface area contributed by atoms with Crippen molar-refractivity contribution in [3.63, 3.8) is 0 Å². The summed E-state index contributed by atoms with van der Waals surface area (Å²) < 4.78 is 0. The van der Waals surface area contributed by atoms with Gasteiger partial charge in [-0.25, -0.2) is 0 Å². The maximum atomic E-state index is 3.60. The first-order chi connectivity index (χ1) is 10.0. The summed E-state index contributed by atoms with van der Waals surface area (Å²) >= 11 is 0. The fourth-order valence-electron chi connectivity index (χ4n) is 3.97. The van der Waals surface area contributed by atoms with Crippen LogP contribution >= 0.6 is 0 Å². The highest BCUT2D eigenvalue weighted by molar-refractivity contribution is 5.14. The van der Waals surface area contributed by atoms with Crippen LogP contribution in [-0.4, -0.2) is 13.1 Å². The number of rotatable bonds is 5. The van der Waals surface area contributed by atoms with E-state index in [1.165, 1.54) is 44.1 Å². The van der Waals surface area contributed by atoms with Gasteiger partial charge in [0.25, 0.3) is 0 Å². The van der Waals surface area contributed by atoms with E-state index in [-0.39, 0.29) is 0 Å². The zero-order chi connectivity index (χ0) is 15.3. The van der Waals surface area contributed by atoms with Gasteiger partial charge >= 0.3 is 0 Å². The molecule has 1 nitrogen and oxygen atoms in total. The fourth-order valence-corrected chi connectivity index (χ4v) is 3.97. The topological polar surface area (TPSA) is 12.0 Å². The van der Waals surface area contributed by atoms with Gasteiger partial charge in [0.15, 0.2) is 0 Å². The molecule has 21 heavy (non-hydrogen) atoms. The molecule has 1 aromatic carbocycles. The molecular formula is C20H33N. The molecule has 1 heteroatoms. The Labute approximate surface area is 131 Å². The zero-order valence-electron chi connectivity index (χ0n) is 14.4. The minimum Gasteiger partial charge on any atom is -0.317 e. The van der Waals surface area contributed by atoms with E-state index in [4.69, 9.17) is 0 Å². The van der Waals surface area contributed by atoms with Crippen LogP contribution in [0.25, 0.3) is 0 Å². The Hall–Kier alpha value is -0.820. The molecule has 0 aromatic heterocycles. The summed E-state index contributed by atoms with van der Waals surface area (Å²) in [5.41, 5.74) is 1.96. The fraction of sp³-hybridized carbons (Fsp3) is 0.700. The van der Waals surface area contributed by atoms with Crippen molar-refractivity contribution in [2.75, 3.05) is 7.05 Å². The number of aryl methyl sites for hydroxylation is 1. The smallest absolute Gasteiger partial charge is 0.00954 e. The van der Waals surface area contributed by atoms with Crippen LogP contribution in [0.2, 0.25) is 0 Å². The summed E-state index contributed by atoms with van der Waals surface area (Å²) in [4.78, 5) is 0. The molecule has 0 aliphatic heterocycles. The van der Waals surface area contributed by atoms with Gasteiger partial charge in [0.2, 0.25) is 0 Å². The largest absolute Gasteiger partial charge is 0.317 e. The van der Waals surface area contributed by atoms with Gasteiger partial charge in [-0.15, -0.1) is 0 Å². The zero-order valence-corrected chi connectivity index (χ0v) is 14.4. The molecule has 1 fully saturated rings. The van der Waals surface area contributed by atoms with E-state index in [2.05, 4.69) is 63.5 Å². The average Bonchev–Trinajstić information content (AvgIpc) is 2.48. The monoisotopic (exact) mass is 287 g/mol. The highest BCUT2D eigenvalue weighted by atomic mass is 14.9. The van der Waals surface area contributed by atoms with Crippen LogP contribution in [0.3, 0.4) is 0 Å². The summed E-state index contributed by atoms with van der Waals surface area (Å²) in [6.07, 6.45) is 8.11. The van der Waals surface area contributed by atoms with Gasteiger partial charge in [-0.05, 0) is 68.4 Å². The predicted molar refractivity (Wildman–Crippen MR) is 92.5 cm³/mol. The lowest BCUT2D eigenvalue weighted by Gasteiger charge is -2.39. The molecule has 0 bridgehead atoms. The molecule has 1 saturated carbocycles. The summed E-state index contributed by atoms with van der Waals surface area (Å²) in [5.74, 6) is 1.79. The van der Waals surface area contributed by atoms with Crippen LogP contribution in [0.4, 0.5) is 0 Å². The van der Waals surface area contributed by atoms with Crippen molar-refractivity contribution in [3.05, 3.63) is 35.9 Å². The maximum absolute atomic E-state index is 3.60. The number of nitrogens with one attached hydrogen (secondary N) is 1. The SMILES string of the molecule is CNC(CCc1ccccc1)C1CCC(C(C)(C)C)CC1. The third-order valence-electron chi connectivity index (χ3n) is 5.52. The van der Waals surface area contributed by atoms with E-state index in [1.54, 1.807) is 0 Å². The Morgan fingerprint density at radius 3 is 2.19 bits per heavy atom. The number of hydrogen-bond acceptors (Lipinski definition) is 1. The summed E-state index contributed by atoms with van der Waals surface area (Å²) in [6, 6.07) is 11.6. The van der Waals surface area contributed by atoms with Gasteiger partial charge < -0.3 is 5.32 Å². The third-order valence-corrected chi connectivity index (χ3v) is 5.52. The number of benzene rings is 1. The molecule has 1 aliphatic rings. The Kier molecular flexibility index (Phi) is 5.87. The molecule has 0 heterocycles. The predicted octanol–water partition coefficient (Wildman–Crippen LogP) is 5.06. The second-order valence-electron chi connectivity index (χ2n) is 7.90. The first-order valence-electron chi connectivity index (χ1n) is 8.72. The van der Waals surface area contributed by atoms with Gasteiger partial charge in [-0.1, -0.05) is 51.1 Å². The van der Waals surface area contributed by atoms with Crippen LogP contribution in [0.5, 0.6) is 0 Å². The first kappa shape index (κ1) is 16.5. The molecule has 0 spiro atoms. The average molecular weight is 287 g/mol. The van der Waals surface area contributed by atoms with E-state index in [0.29, 0.717) is 11.5 Å². The van der Waals surface area contributed by atoms with E-state index in [0.717, 1.165) is 11.8 Å². The van der Waals surface area contributed by atoms with Crippen molar-refractivity contribution in [2.45, 2.75) is 65.3 Å². The normalized spacial score (nSPS) is 24.8. The molecule has 0 radical (unpaired) electrons. The summed E-state index contributed by atoms with van der Waals surface area (Å²) in [6.45, 7) is 7.22. The highest BCUT2D eigenvalue weighted by Crippen LogP contribution is 2.41. The van der Waals surface area contributed by atoms with Crippen LogP contribution in [0.1, 0.15) is 58.4 Å². The van der Waals surface area contributed by atoms with Crippen LogP contribution in [0.15, 0.2) is 30.3 Å².